The Morgan fingerprint density at radius 1 is 1.00 bits per heavy atom. The van der Waals surface area contributed by atoms with Crippen LogP contribution in [0.1, 0.15) is 17.3 Å². The number of Topliss-reactive ketones (excluding diaryl/α,β-unsaturated/α-hetero) is 1. The second-order valence-corrected chi connectivity index (χ2v) is 6.61. The van der Waals surface area contributed by atoms with Crippen molar-refractivity contribution < 1.29 is 14.3 Å². The van der Waals surface area contributed by atoms with E-state index in [0.29, 0.717) is 17.8 Å². The second-order valence-electron chi connectivity index (χ2n) is 6.61. The molecule has 2 aromatic carbocycles. The largest absolute Gasteiger partial charge is 0.497 e. The second kappa shape index (κ2) is 8.68. The molecule has 0 aromatic heterocycles. The number of hydrogen-bond acceptors (Lipinski definition) is 5. The van der Waals surface area contributed by atoms with Gasteiger partial charge in [-0.3, -0.25) is 14.5 Å². The number of ether oxygens (including phenoxy) is 1. The molecule has 0 aliphatic carbocycles. The summed E-state index contributed by atoms with van der Waals surface area (Å²) in [7, 11) is 1.66. The molecule has 1 heterocycles. The fraction of sp³-hybridized carbons (Fsp3) is 0.333. The predicted molar refractivity (Wildman–Crippen MR) is 107 cm³/mol. The van der Waals surface area contributed by atoms with Gasteiger partial charge in [-0.15, -0.1) is 0 Å². The molecule has 142 valence electrons. The number of rotatable bonds is 6. The molecule has 1 fully saturated rings. The number of carbonyl (C=O) groups is 2. The van der Waals surface area contributed by atoms with Crippen LogP contribution in [-0.4, -0.2) is 56.4 Å². The van der Waals surface area contributed by atoms with E-state index in [1.807, 2.05) is 18.2 Å². The maximum absolute atomic E-state index is 12.4. The average Bonchev–Trinajstić information content (AvgIpc) is 2.69. The van der Waals surface area contributed by atoms with Gasteiger partial charge < -0.3 is 15.0 Å². The molecule has 6 nitrogen and oxygen atoms in total. The summed E-state index contributed by atoms with van der Waals surface area (Å²) in [5, 5.41) is 2.87. The van der Waals surface area contributed by atoms with Crippen LogP contribution in [0.4, 0.5) is 11.4 Å². The lowest BCUT2D eigenvalue weighted by molar-refractivity contribution is -0.117. The van der Waals surface area contributed by atoms with E-state index in [4.69, 9.17) is 4.74 Å². The zero-order valence-corrected chi connectivity index (χ0v) is 15.8. The van der Waals surface area contributed by atoms with Crippen LogP contribution in [0.2, 0.25) is 0 Å². The van der Waals surface area contributed by atoms with Crippen LogP contribution in [0.5, 0.6) is 5.75 Å². The summed E-state index contributed by atoms with van der Waals surface area (Å²) in [6, 6.07) is 15.1. The van der Waals surface area contributed by atoms with Gasteiger partial charge in [-0.1, -0.05) is 12.1 Å². The average molecular weight is 367 g/mol. The quantitative estimate of drug-likeness (QED) is 0.796. The number of nitrogens with zero attached hydrogens (tertiary/aromatic N) is 2. The van der Waals surface area contributed by atoms with Crippen LogP contribution in [0.15, 0.2) is 48.5 Å². The van der Waals surface area contributed by atoms with Crippen LogP contribution >= 0.6 is 0 Å². The minimum Gasteiger partial charge on any atom is -0.497 e. The van der Waals surface area contributed by atoms with Crippen molar-refractivity contribution in [2.75, 3.05) is 50.1 Å². The van der Waals surface area contributed by atoms with Gasteiger partial charge >= 0.3 is 0 Å². The molecule has 0 radical (unpaired) electrons. The SMILES string of the molecule is COc1ccc(N2CCN(CC(=O)Nc3ccccc3C(C)=O)CC2)cc1. The van der Waals surface area contributed by atoms with Gasteiger partial charge in [-0.25, -0.2) is 0 Å². The first-order valence-electron chi connectivity index (χ1n) is 9.08. The van der Waals surface area contributed by atoms with Gasteiger partial charge in [0.05, 0.1) is 19.3 Å². The molecule has 1 aliphatic heterocycles. The number of nitrogens with one attached hydrogen (secondary N) is 1. The summed E-state index contributed by atoms with van der Waals surface area (Å²) in [6.45, 7) is 5.18. The zero-order chi connectivity index (χ0) is 19.2. The lowest BCUT2D eigenvalue weighted by atomic mass is 10.1. The molecular formula is C21H25N3O3. The number of benzene rings is 2. The Kier molecular flexibility index (Phi) is 6.08. The standard InChI is InChI=1S/C21H25N3O3/c1-16(25)19-5-3-4-6-20(19)22-21(26)15-23-11-13-24(14-12-23)17-7-9-18(27-2)10-8-17/h3-10H,11-15H2,1-2H3,(H,22,26). The molecule has 1 N–H and O–H groups in total. The first-order chi connectivity index (χ1) is 13.1. The maximum Gasteiger partial charge on any atom is 0.238 e. The van der Waals surface area contributed by atoms with Crippen molar-refractivity contribution in [1.82, 2.24) is 4.90 Å². The highest BCUT2D eigenvalue weighted by molar-refractivity contribution is 6.04. The summed E-state index contributed by atoms with van der Waals surface area (Å²) in [5.74, 6) is 0.695. The van der Waals surface area contributed by atoms with Gasteiger partial charge in [0.2, 0.25) is 5.91 Å². The van der Waals surface area contributed by atoms with E-state index in [-0.39, 0.29) is 11.7 Å². The molecule has 27 heavy (non-hydrogen) atoms. The van der Waals surface area contributed by atoms with Crippen LogP contribution in [0.3, 0.4) is 0 Å². The molecule has 1 saturated heterocycles. The van der Waals surface area contributed by atoms with E-state index in [1.54, 1.807) is 25.3 Å². The minimum absolute atomic E-state index is 0.0565. The van der Waals surface area contributed by atoms with Gasteiger partial charge in [-0.2, -0.15) is 0 Å². The van der Waals surface area contributed by atoms with E-state index in [2.05, 4.69) is 27.2 Å². The summed E-state index contributed by atoms with van der Waals surface area (Å²) in [6.07, 6.45) is 0. The molecule has 0 atom stereocenters. The fourth-order valence-electron chi connectivity index (χ4n) is 3.25. The summed E-state index contributed by atoms with van der Waals surface area (Å²) in [4.78, 5) is 28.5. The Hall–Kier alpha value is -2.86. The van der Waals surface area contributed by atoms with Crippen molar-refractivity contribution in [3.8, 4) is 5.75 Å². The van der Waals surface area contributed by atoms with Crippen molar-refractivity contribution in [2.24, 2.45) is 0 Å². The highest BCUT2D eigenvalue weighted by Gasteiger charge is 2.20. The Balaban J connectivity index is 1.51. The topological polar surface area (TPSA) is 61.9 Å². The van der Waals surface area contributed by atoms with Crippen molar-refractivity contribution >= 4 is 23.1 Å². The highest BCUT2D eigenvalue weighted by atomic mass is 16.5. The lowest BCUT2D eigenvalue weighted by Crippen LogP contribution is -2.48. The van der Waals surface area contributed by atoms with Gasteiger partial charge in [0.1, 0.15) is 5.75 Å². The van der Waals surface area contributed by atoms with Crippen LogP contribution < -0.4 is 15.0 Å². The Labute approximate surface area is 159 Å². The number of methoxy groups -OCH3 is 1. The predicted octanol–water partition coefficient (Wildman–Crippen LogP) is 2.66. The molecule has 6 heteroatoms. The first-order valence-corrected chi connectivity index (χ1v) is 9.08. The van der Waals surface area contributed by atoms with E-state index in [9.17, 15) is 9.59 Å². The number of piperazine rings is 1. The number of hydrogen-bond donors (Lipinski definition) is 1. The van der Waals surface area contributed by atoms with Crippen LogP contribution in [-0.2, 0) is 4.79 Å². The molecule has 0 spiro atoms. The van der Waals surface area contributed by atoms with Gasteiger partial charge in [-0.05, 0) is 43.3 Å². The van der Waals surface area contributed by atoms with Crippen molar-refractivity contribution in [1.29, 1.82) is 0 Å². The Morgan fingerprint density at radius 3 is 2.30 bits per heavy atom. The summed E-state index contributed by atoms with van der Waals surface area (Å²) >= 11 is 0. The monoisotopic (exact) mass is 367 g/mol. The van der Waals surface area contributed by atoms with E-state index < -0.39 is 0 Å². The number of ketones is 1. The van der Waals surface area contributed by atoms with E-state index in [1.165, 1.54) is 6.92 Å². The van der Waals surface area contributed by atoms with E-state index in [0.717, 1.165) is 37.6 Å². The third-order valence-corrected chi connectivity index (χ3v) is 4.76. The number of anilines is 2. The van der Waals surface area contributed by atoms with Crippen LogP contribution in [0.25, 0.3) is 0 Å². The summed E-state index contributed by atoms with van der Waals surface area (Å²) < 4.78 is 5.20. The molecule has 1 aliphatic rings. The van der Waals surface area contributed by atoms with Gasteiger partial charge in [0.25, 0.3) is 0 Å². The molecular weight excluding hydrogens is 342 g/mol. The molecule has 2 aromatic rings. The zero-order valence-electron chi connectivity index (χ0n) is 15.8. The van der Waals surface area contributed by atoms with Crippen LogP contribution in [0, 0.1) is 0 Å². The smallest absolute Gasteiger partial charge is 0.238 e. The third-order valence-electron chi connectivity index (χ3n) is 4.76. The van der Waals surface area contributed by atoms with E-state index >= 15 is 0 Å². The number of carbonyl (C=O) groups excluding carboxylic acids is 2. The Morgan fingerprint density at radius 2 is 1.67 bits per heavy atom. The fourth-order valence-corrected chi connectivity index (χ4v) is 3.25. The van der Waals surface area contributed by atoms with Crippen molar-refractivity contribution in [2.45, 2.75) is 6.92 Å². The molecule has 1 amide bonds. The molecule has 0 saturated carbocycles. The Bertz CT molecular complexity index is 797. The summed E-state index contributed by atoms with van der Waals surface area (Å²) in [5.41, 5.74) is 2.28. The number of amides is 1. The number of para-hydroxylation sites is 1. The highest BCUT2D eigenvalue weighted by Crippen LogP contribution is 2.20. The third kappa shape index (κ3) is 4.86. The van der Waals surface area contributed by atoms with Gasteiger partial charge in [0.15, 0.2) is 5.78 Å². The normalized spacial score (nSPS) is 14.7. The minimum atomic E-state index is -0.0957. The van der Waals surface area contributed by atoms with Crippen molar-refractivity contribution in [3.05, 3.63) is 54.1 Å². The van der Waals surface area contributed by atoms with Gasteiger partial charge in [0, 0.05) is 37.4 Å². The molecule has 0 unspecified atom stereocenters. The lowest BCUT2D eigenvalue weighted by Gasteiger charge is -2.35. The maximum atomic E-state index is 12.4. The first kappa shape index (κ1) is 18.9. The van der Waals surface area contributed by atoms with Crippen molar-refractivity contribution in [3.63, 3.8) is 0 Å². The molecule has 3 rings (SSSR count). The molecule has 0 bridgehead atoms.